The fourth-order valence-corrected chi connectivity index (χ4v) is 1.96. The zero-order chi connectivity index (χ0) is 22.5. The topological polar surface area (TPSA) is 223 Å². The van der Waals surface area contributed by atoms with Crippen LogP contribution in [0.2, 0.25) is 0 Å². The highest BCUT2D eigenvalue weighted by atomic mass is 16.8. The van der Waals surface area contributed by atoms with E-state index in [1.165, 1.54) is 0 Å². The molecule has 0 fully saturated rings. The van der Waals surface area contributed by atoms with E-state index in [-0.39, 0.29) is 0 Å². The highest BCUT2D eigenvalue weighted by Crippen LogP contribution is 2.40. The zero-order valence-corrected chi connectivity index (χ0v) is 15.2. The van der Waals surface area contributed by atoms with Crippen LogP contribution in [0.4, 0.5) is 0 Å². The van der Waals surface area contributed by atoms with Gasteiger partial charge in [0.1, 0.15) is 6.10 Å². The van der Waals surface area contributed by atoms with Crippen molar-refractivity contribution in [1.29, 1.82) is 0 Å². The summed E-state index contributed by atoms with van der Waals surface area (Å²) in [6.07, 6.45) is -2.76. The number of carbonyl (C=O) groups excluding carboxylic acids is 5. The van der Waals surface area contributed by atoms with Crippen molar-refractivity contribution in [1.82, 2.24) is 0 Å². The van der Waals surface area contributed by atoms with Crippen molar-refractivity contribution < 1.29 is 68.5 Å². The molecule has 0 saturated heterocycles. The second-order valence-electron chi connectivity index (χ2n) is 5.34. The van der Waals surface area contributed by atoms with E-state index in [2.05, 4.69) is 18.9 Å². The summed E-state index contributed by atoms with van der Waals surface area (Å²) in [6, 6.07) is 0. The molecule has 0 rings (SSSR count). The van der Waals surface area contributed by atoms with Gasteiger partial charge in [-0.1, -0.05) is 0 Å². The molecule has 14 heteroatoms. The van der Waals surface area contributed by atoms with Crippen LogP contribution in [0.3, 0.4) is 0 Å². The van der Waals surface area contributed by atoms with Crippen LogP contribution in [-0.4, -0.2) is 85.5 Å². The Bertz CT molecular complexity index is 658. The van der Waals surface area contributed by atoms with Gasteiger partial charge in [0, 0.05) is 27.7 Å². The molecule has 0 aliphatic heterocycles. The Morgan fingerprint density at radius 1 is 0.786 bits per heavy atom. The first-order valence-electron chi connectivity index (χ1n) is 7.35. The van der Waals surface area contributed by atoms with Gasteiger partial charge in [0.25, 0.3) is 0 Å². The fourth-order valence-electron chi connectivity index (χ4n) is 1.96. The van der Waals surface area contributed by atoms with Crippen molar-refractivity contribution in [3.8, 4) is 0 Å². The number of rotatable bonds is 8. The quantitative estimate of drug-likeness (QED) is 0.111. The number of hydrogen-bond donors (Lipinski definition) is 5. The van der Waals surface area contributed by atoms with Crippen molar-refractivity contribution in [2.24, 2.45) is 0 Å². The van der Waals surface area contributed by atoms with E-state index in [4.69, 9.17) is 5.11 Å². The van der Waals surface area contributed by atoms with E-state index < -0.39 is 59.9 Å². The molecule has 0 spiro atoms. The number of hydrogen-bond acceptors (Lipinski definition) is 14. The Kier molecular flexibility index (Phi) is 8.17. The monoisotopic (exact) mass is 412 g/mol. The molecule has 4 atom stereocenters. The lowest BCUT2D eigenvalue weighted by molar-refractivity contribution is -0.453. The van der Waals surface area contributed by atoms with Crippen molar-refractivity contribution in [2.45, 2.75) is 51.2 Å². The molecular weight excluding hydrogens is 392 g/mol. The molecule has 0 saturated carbocycles. The maximum Gasteiger partial charge on any atom is 0.395 e. The summed E-state index contributed by atoms with van der Waals surface area (Å²) in [5.74, 6) is -21.0. The van der Waals surface area contributed by atoms with Gasteiger partial charge in [-0.05, 0) is 0 Å². The van der Waals surface area contributed by atoms with Crippen LogP contribution in [-0.2, 0) is 42.9 Å². The predicted octanol–water partition coefficient (Wildman–Crippen LogP) is -3.82. The molecule has 28 heavy (non-hydrogen) atoms. The van der Waals surface area contributed by atoms with Gasteiger partial charge < -0.3 is 44.5 Å². The second-order valence-corrected chi connectivity index (χ2v) is 5.34. The first-order valence-corrected chi connectivity index (χ1v) is 7.35. The molecule has 0 aliphatic carbocycles. The normalized spacial score (nSPS) is 18.3. The minimum absolute atomic E-state index is 0.564. The molecule has 14 nitrogen and oxygen atoms in total. The van der Waals surface area contributed by atoms with Crippen molar-refractivity contribution >= 4 is 29.8 Å². The Morgan fingerprint density at radius 3 is 1.54 bits per heavy atom. The Morgan fingerprint density at radius 2 is 1.21 bits per heavy atom. The fraction of sp³-hybridized carbons (Fsp3) is 0.643. The molecule has 5 N–H and O–H groups in total. The van der Waals surface area contributed by atoms with E-state index in [0.717, 1.165) is 0 Å². The summed E-state index contributed by atoms with van der Waals surface area (Å²) < 4.78 is 16.8. The lowest BCUT2D eigenvalue weighted by Crippen LogP contribution is -2.78. The van der Waals surface area contributed by atoms with E-state index in [1.54, 1.807) is 0 Å². The van der Waals surface area contributed by atoms with Crippen molar-refractivity contribution in [3.05, 3.63) is 0 Å². The van der Waals surface area contributed by atoms with Crippen LogP contribution < -0.4 is 0 Å². The van der Waals surface area contributed by atoms with Crippen LogP contribution in [0.25, 0.3) is 0 Å². The van der Waals surface area contributed by atoms with Crippen LogP contribution >= 0.6 is 0 Å². The van der Waals surface area contributed by atoms with Gasteiger partial charge >= 0.3 is 47.2 Å². The molecular formula is C14H20O14. The maximum atomic E-state index is 12.2. The second kappa shape index (κ2) is 9.03. The number of aliphatic hydroxyl groups is 5. The molecule has 0 unspecified atom stereocenters. The summed E-state index contributed by atoms with van der Waals surface area (Å²) in [5.41, 5.74) is 0. The van der Waals surface area contributed by atoms with E-state index >= 15 is 0 Å². The molecule has 0 aromatic heterocycles. The summed E-state index contributed by atoms with van der Waals surface area (Å²) in [4.78, 5) is 57.3. The van der Waals surface area contributed by atoms with E-state index in [0.29, 0.717) is 27.7 Å². The molecule has 160 valence electrons. The summed E-state index contributed by atoms with van der Waals surface area (Å²) >= 11 is 0. The van der Waals surface area contributed by atoms with Crippen LogP contribution in [0, 0.1) is 0 Å². The molecule has 0 bridgehead atoms. The lowest BCUT2D eigenvalue weighted by Gasteiger charge is -2.47. The van der Waals surface area contributed by atoms with Gasteiger partial charge in [0.15, 0.2) is 0 Å². The SMILES string of the molecule is CC(=O)OC(=O)[C@@](O)(OC(C)=O)[C@](O)(OC(C)=O)[C@](O)(OC(C)=O)[C@H](O)CO. The number of aliphatic hydroxyl groups excluding tert-OH is 2. The van der Waals surface area contributed by atoms with Crippen molar-refractivity contribution in [2.75, 3.05) is 6.61 Å². The highest BCUT2D eigenvalue weighted by Gasteiger charge is 2.77. The third kappa shape index (κ3) is 4.99. The van der Waals surface area contributed by atoms with E-state index in [1.807, 2.05) is 0 Å². The van der Waals surface area contributed by atoms with E-state index in [9.17, 15) is 44.4 Å². The summed E-state index contributed by atoms with van der Waals surface area (Å²) in [5, 5.41) is 50.7. The summed E-state index contributed by atoms with van der Waals surface area (Å²) in [6.45, 7) is 0.896. The lowest BCUT2D eigenvalue weighted by atomic mass is 9.90. The van der Waals surface area contributed by atoms with Gasteiger partial charge in [-0.2, -0.15) is 0 Å². The number of esters is 5. The molecule has 0 heterocycles. The maximum absolute atomic E-state index is 12.2. The minimum atomic E-state index is -4.34. The number of carbonyl (C=O) groups is 5. The summed E-state index contributed by atoms with van der Waals surface area (Å²) in [7, 11) is 0. The van der Waals surface area contributed by atoms with Crippen molar-refractivity contribution in [3.63, 3.8) is 0 Å². The smallest absolute Gasteiger partial charge is 0.395 e. The standard InChI is InChI=1S/C14H20O14/c1-6(16)25-11(21)13(23,27-8(3)18)14(24,28-9(4)19)12(22,10(20)5-15)26-7(2)17/h10,15,20,22-24H,5H2,1-4H3/t10-,12-,13-,14-/m1/s1. The first kappa shape index (κ1) is 25.4. The highest BCUT2D eigenvalue weighted by molar-refractivity contribution is 5.91. The minimum Gasteiger partial charge on any atom is -0.423 e. The molecule has 0 aliphatic rings. The molecule has 0 aromatic rings. The van der Waals surface area contributed by atoms with Gasteiger partial charge in [0.2, 0.25) is 0 Å². The first-order chi connectivity index (χ1) is 12.6. The Labute approximate surface area is 157 Å². The average Bonchev–Trinajstić information content (AvgIpc) is 2.50. The Hall–Kier alpha value is -2.65. The molecule has 0 aromatic carbocycles. The number of ether oxygens (including phenoxy) is 4. The molecule has 0 radical (unpaired) electrons. The predicted molar refractivity (Wildman–Crippen MR) is 80.0 cm³/mol. The largest absolute Gasteiger partial charge is 0.423 e. The van der Waals surface area contributed by atoms with Crippen LogP contribution in [0.1, 0.15) is 27.7 Å². The third-order valence-corrected chi connectivity index (χ3v) is 2.96. The van der Waals surface area contributed by atoms with Gasteiger partial charge in [-0.25, -0.2) is 4.79 Å². The Balaban J connectivity index is 6.97. The van der Waals surface area contributed by atoms with Crippen LogP contribution in [0.15, 0.2) is 0 Å². The third-order valence-electron chi connectivity index (χ3n) is 2.96. The van der Waals surface area contributed by atoms with Gasteiger partial charge in [0.05, 0.1) is 6.61 Å². The molecule has 0 amide bonds. The van der Waals surface area contributed by atoms with Gasteiger partial charge in [-0.3, -0.25) is 19.2 Å². The average molecular weight is 412 g/mol. The van der Waals surface area contributed by atoms with Crippen LogP contribution in [0.5, 0.6) is 0 Å². The zero-order valence-electron chi connectivity index (χ0n) is 15.2. The van der Waals surface area contributed by atoms with Gasteiger partial charge in [-0.15, -0.1) is 0 Å².